The summed E-state index contributed by atoms with van der Waals surface area (Å²) < 4.78 is 37.0. The van der Waals surface area contributed by atoms with Gasteiger partial charge >= 0.3 is 6.01 Å². The van der Waals surface area contributed by atoms with Gasteiger partial charge in [0.05, 0.1) is 11.1 Å². The van der Waals surface area contributed by atoms with Crippen molar-refractivity contribution in [3.63, 3.8) is 0 Å². The average Bonchev–Trinajstić information content (AvgIpc) is 3.05. The van der Waals surface area contributed by atoms with E-state index in [0.717, 1.165) is 6.07 Å². The minimum atomic E-state index is -0.840. The molecule has 118 valence electrons. The lowest BCUT2D eigenvalue weighted by atomic mass is 10.2. The third kappa shape index (κ3) is 2.96. The summed E-state index contributed by atoms with van der Waals surface area (Å²) >= 11 is 0. The maximum Gasteiger partial charge on any atom is 0.322 e. The van der Waals surface area contributed by atoms with E-state index in [2.05, 4.69) is 15.5 Å². The summed E-state index contributed by atoms with van der Waals surface area (Å²) in [5.41, 5.74) is 0.268. The van der Waals surface area contributed by atoms with Crippen LogP contribution in [-0.2, 0) is 0 Å². The van der Waals surface area contributed by atoms with Crippen LogP contribution in [0.25, 0.3) is 11.5 Å². The van der Waals surface area contributed by atoms with E-state index in [4.69, 9.17) is 8.83 Å². The zero-order valence-corrected chi connectivity index (χ0v) is 12.2. The maximum atomic E-state index is 13.7. The Balaban J connectivity index is 1.82. The Morgan fingerprint density at radius 1 is 1.13 bits per heavy atom. The highest BCUT2D eigenvalue weighted by molar-refractivity contribution is 6.03. The van der Waals surface area contributed by atoms with E-state index in [9.17, 15) is 13.6 Å². The summed E-state index contributed by atoms with van der Waals surface area (Å²) in [7, 11) is 0. The highest BCUT2D eigenvalue weighted by Gasteiger charge is 2.18. The molecule has 0 saturated carbocycles. The number of anilines is 1. The quantitative estimate of drug-likeness (QED) is 0.799. The first-order valence-electron chi connectivity index (χ1n) is 6.61. The largest absolute Gasteiger partial charge is 0.466 e. The van der Waals surface area contributed by atoms with Gasteiger partial charge in [0.15, 0.2) is 0 Å². The number of nitrogens with one attached hydrogen (secondary N) is 1. The van der Waals surface area contributed by atoms with Gasteiger partial charge in [-0.2, -0.15) is 0 Å². The van der Waals surface area contributed by atoms with Gasteiger partial charge in [-0.15, -0.1) is 5.10 Å². The van der Waals surface area contributed by atoms with Gasteiger partial charge in [-0.3, -0.25) is 10.1 Å². The van der Waals surface area contributed by atoms with Crippen molar-refractivity contribution in [3.8, 4) is 11.5 Å². The van der Waals surface area contributed by atoms with Crippen molar-refractivity contribution < 1.29 is 22.4 Å². The van der Waals surface area contributed by atoms with E-state index in [0.29, 0.717) is 23.2 Å². The Bertz CT molecular complexity index is 886. The summed E-state index contributed by atoms with van der Waals surface area (Å²) in [5, 5.41) is 9.65. The van der Waals surface area contributed by atoms with Crippen LogP contribution in [0.1, 0.15) is 21.9 Å². The van der Waals surface area contributed by atoms with E-state index in [1.54, 1.807) is 19.9 Å². The molecule has 3 aromatic rings. The van der Waals surface area contributed by atoms with E-state index in [1.165, 1.54) is 6.07 Å². The zero-order valence-electron chi connectivity index (χ0n) is 12.2. The summed E-state index contributed by atoms with van der Waals surface area (Å²) in [6.45, 7) is 3.36. The molecule has 0 saturated heterocycles. The highest BCUT2D eigenvalue weighted by Crippen LogP contribution is 2.24. The first-order valence-corrected chi connectivity index (χ1v) is 6.61. The van der Waals surface area contributed by atoms with Crippen LogP contribution >= 0.6 is 0 Å². The van der Waals surface area contributed by atoms with Crippen molar-refractivity contribution in [1.29, 1.82) is 0 Å². The van der Waals surface area contributed by atoms with Crippen LogP contribution in [0.3, 0.4) is 0 Å². The molecule has 0 unspecified atom stereocenters. The van der Waals surface area contributed by atoms with Gasteiger partial charge in [-0.25, -0.2) is 8.78 Å². The maximum absolute atomic E-state index is 13.7. The fourth-order valence-electron chi connectivity index (χ4n) is 2.07. The molecule has 0 spiro atoms. The van der Waals surface area contributed by atoms with Crippen molar-refractivity contribution in [2.75, 3.05) is 5.32 Å². The van der Waals surface area contributed by atoms with Crippen LogP contribution < -0.4 is 5.32 Å². The molecule has 1 N–H and O–H groups in total. The van der Waals surface area contributed by atoms with Crippen molar-refractivity contribution >= 4 is 11.9 Å². The molecule has 0 aliphatic rings. The van der Waals surface area contributed by atoms with Crippen LogP contribution in [0.15, 0.2) is 33.1 Å². The number of hydrogen-bond acceptors (Lipinski definition) is 5. The fraction of sp³-hybridized carbons (Fsp3) is 0.133. The molecule has 2 aromatic heterocycles. The van der Waals surface area contributed by atoms with Gasteiger partial charge < -0.3 is 8.83 Å². The van der Waals surface area contributed by atoms with Crippen molar-refractivity contribution in [2.24, 2.45) is 0 Å². The second kappa shape index (κ2) is 5.64. The summed E-state index contributed by atoms with van der Waals surface area (Å²) in [5.74, 6) is -1.18. The predicted molar refractivity (Wildman–Crippen MR) is 75.8 cm³/mol. The Morgan fingerprint density at radius 3 is 2.57 bits per heavy atom. The number of benzene rings is 1. The smallest absolute Gasteiger partial charge is 0.322 e. The number of hydrogen-bond donors (Lipinski definition) is 1. The molecule has 0 aliphatic heterocycles. The van der Waals surface area contributed by atoms with Crippen molar-refractivity contribution in [1.82, 2.24) is 10.2 Å². The molecule has 2 heterocycles. The normalized spacial score (nSPS) is 10.8. The molecule has 0 radical (unpaired) electrons. The second-order valence-corrected chi connectivity index (χ2v) is 4.82. The number of furan rings is 1. The number of aromatic nitrogens is 2. The summed E-state index contributed by atoms with van der Waals surface area (Å²) in [4.78, 5) is 12.1. The molecule has 1 aromatic carbocycles. The number of nitrogens with zero attached hydrogens (tertiary/aromatic N) is 2. The summed E-state index contributed by atoms with van der Waals surface area (Å²) in [6.07, 6.45) is 0. The van der Waals surface area contributed by atoms with E-state index in [-0.39, 0.29) is 17.5 Å². The van der Waals surface area contributed by atoms with Gasteiger partial charge in [-0.05, 0) is 32.0 Å². The third-order valence-electron chi connectivity index (χ3n) is 3.09. The van der Waals surface area contributed by atoms with Crippen LogP contribution in [0, 0.1) is 25.5 Å². The SMILES string of the molecule is Cc1cc(C(=O)Nc2nnc(-c3ccc(F)cc3F)o2)c(C)o1. The first-order chi connectivity index (χ1) is 10.9. The molecule has 1 amide bonds. The number of halogens is 2. The standard InChI is InChI=1S/C15H11F2N3O3/c1-7-5-11(8(2)22-7)13(21)18-15-20-19-14(23-15)10-4-3-9(16)6-12(10)17/h3-6H,1-2H3,(H,18,20,21). The molecular formula is C15H11F2N3O3. The molecular weight excluding hydrogens is 308 g/mol. The van der Waals surface area contributed by atoms with E-state index < -0.39 is 17.5 Å². The van der Waals surface area contributed by atoms with E-state index in [1.807, 2.05) is 0 Å². The lowest BCUT2D eigenvalue weighted by Crippen LogP contribution is -2.12. The highest BCUT2D eigenvalue weighted by atomic mass is 19.1. The minimum Gasteiger partial charge on any atom is -0.466 e. The number of carbonyl (C=O) groups excluding carboxylic acids is 1. The third-order valence-corrected chi connectivity index (χ3v) is 3.09. The monoisotopic (exact) mass is 319 g/mol. The zero-order chi connectivity index (χ0) is 16.6. The van der Waals surface area contributed by atoms with Crippen LogP contribution in [0.2, 0.25) is 0 Å². The molecule has 3 rings (SSSR count). The number of aryl methyl sites for hydroxylation is 2. The number of rotatable bonds is 3. The lowest BCUT2D eigenvalue weighted by molar-refractivity contribution is 0.102. The predicted octanol–water partition coefficient (Wildman–Crippen LogP) is 3.48. The van der Waals surface area contributed by atoms with E-state index >= 15 is 0 Å². The van der Waals surface area contributed by atoms with Crippen molar-refractivity contribution in [3.05, 3.63) is 53.0 Å². The van der Waals surface area contributed by atoms with Gasteiger partial charge in [0, 0.05) is 6.07 Å². The fourth-order valence-corrected chi connectivity index (χ4v) is 2.07. The Hall–Kier alpha value is -3.03. The van der Waals surface area contributed by atoms with Crippen LogP contribution in [-0.4, -0.2) is 16.1 Å². The van der Waals surface area contributed by atoms with Gasteiger partial charge in [-0.1, -0.05) is 5.10 Å². The van der Waals surface area contributed by atoms with Gasteiger partial charge in [0.2, 0.25) is 0 Å². The molecule has 0 atom stereocenters. The molecule has 0 aliphatic carbocycles. The van der Waals surface area contributed by atoms with Crippen LogP contribution in [0.4, 0.5) is 14.8 Å². The number of carbonyl (C=O) groups is 1. The summed E-state index contributed by atoms with van der Waals surface area (Å²) in [6, 6.07) is 4.31. The van der Waals surface area contributed by atoms with Crippen molar-refractivity contribution in [2.45, 2.75) is 13.8 Å². The molecule has 6 nitrogen and oxygen atoms in total. The Labute approximate surface area is 129 Å². The van der Waals surface area contributed by atoms with Gasteiger partial charge in [0.1, 0.15) is 23.2 Å². The minimum absolute atomic E-state index is 0.0604. The van der Waals surface area contributed by atoms with Crippen LogP contribution in [0.5, 0.6) is 0 Å². The topological polar surface area (TPSA) is 81.2 Å². The second-order valence-electron chi connectivity index (χ2n) is 4.82. The molecule has 23 heavy (non-hydrogen) atoms. The van der Waals surface area contributed by atoms with Gasteiger partial charge in [0.25, 0.3) is 11.8 Å². The molecule has 8 heteroatoms. The molecule has 0 bridgehead atoms. The average molecular weight is 319 g/mol. The first kappa shape index (κ1) is 14.9. The Kier molecular flexibility index (Phi) is 3.65. The number of amides is 1. The molecule has 0 fully saturated rings. The lowest BCUT2D eigenvalue weighted by Gasteiger charge is -1.99. The Morgan fingerprint density at radius 2 is 1.91 bits per heavy atom.